The zero-order chi connectivity index (χ0) is 13.7. The molecule has 18 heavy (non-hydrogen) atoms. The van der Waals surface area contributed by atoms with Crippen LogP contribution in [0.25, 0.3) is 0 Å². The highest BCUT2D eigenvalue weighted by Crippen LogP contribution is 2.71. The maximum Gasteiger partial charge on any atom is 0.137 e. The summed E-state index contributed by atoms with van der Waals surface area (Å²) in [6.07, 6.45) is 0. The minimum absolute atomic E-state index is 0.0263. The van der Waals surface area contributed by atoms with Crippen LogP contribution in [-0.4, -0.2) is 7.11 Å². The Bertz CT molecular complexity index is 454. The summed E-state index contributed by atoms with van der Waals surface area (Å²) in [5.41, 5.74) is 8.05. The predicted octanol–water partition coefficient (Wildman–Crippen LogP) is 4.03. The lowest BCUT2D eigenvalue weighted by molar-refractivity contribution is 0.414. The van der Waals surface area contributed by atoms with Gasteiger partial charge in [-0.3, -0.25) is 0 Å². The van der Waals surface area contributed by atoms with Crippen LogP contribution in [-0.2, 0) is 0 Å². The van der Waals surface area contributed by atoms with E-state index in [1.54, 1.807) is 7.11 Å². The summed E-state index contributed by atoms with van der Waals surface area (Å²) >= 11 is 6.16. The van der Waals surface area contributed by atoms with E-state index in [-0.39, 0.29) is 16.9 Å². The number of hydrogen-bond donors (Lipinski definition) is 1. The van der Waals surface area contributed by atoms with Gasteiger partial charge >= 0.3 is 0 Å². The summed E-state index contributed by atoms with van der Waals surface area (Å²) in [5.74, 6) is 1.18. The van der Waals surface area contributed by atoms with Crippen LogP contribution < -0.4 is 10.5 Å². The second-order valence-electron chi connectivity index (χ2n) is 6.34. The molecule has 0 amide bonds. The molecule has 0 bridgehead atoms. The Kier molecular flexibility index (Phi) is 3.15. The van der Waals surface area contributed by atoms with E-state index in [1.807, 2.05) is 18.2 Å². The Morgan fingerprint density at radius 2 is 1.78 bits per heavy atom. The highest BCUT2D eigenvalue weighted by atomic mass is 35.5. The molecule has 1 aliphatic carbocycles. The van der Waals surface area contributed by atoms with E-state index in [2.05, 4.69) is 27.7 Å². The second-order valence-corrected chi connectivity index (χ2v) is 6.75. The van der Waals surface area contributed by atoms with Gasteiger partial charge in [-0.25, -0.2) is 0 Å². The molecular weight excluding hydrogens is 246 g/mol. The molecule has 100 valence electrons. The number of hydrogen-bond acceptors (Lipinski definition) is 2. The first-order valence-electron chi connectivity index (χ1n) is 6.32. The monoisotopic (exact) mass is 267 g/mol. The number of ether oxygens (including phenoxy) is 1. The Morgan fingerprint density at radius 1 is 1.22 bits per heavy atom. The van der Waals surface area contributed by atoms with Crippen molar-refractivity contribution in [3.05, 3.63) is 28.8 Å². The Hall–Kier alpha value is -0.730. The van der Waals surface area contributed by atoms with Crippen molar-refractivity contribution in [3.8, 4) is 5.75 Å². The van der Waals surface area contributed by atoms with Crippen molar-refractivity contribution in [2.45, 2.75) is 33.7 Å². The summed E-state index contributed by atoms with van der Waals surface area (Å²) in [6, 6.07) is 5.85. The van der Waals surface area contributed by atoms with Crippen LogP contribution in [0.15, 0.2) is 18.2 Å². The molecule has 1 aromatic rings. The third-order valence-electron chi connectivity index (χ3n) is 5.05. The van der Waals surface area contributed by atoms with Crippen LogP contribution in [0.1, 0.15) is 39.3 Å². The van der Waals surface area contributed by atoms with Gasteiger partial charge in [0.15, 0.2) is 0 Å². The molecule has 1 aromatic carbocycles. The summed E-state index contributed by atoms with van der Waals surface area (Å²) in [4.78, 5) is 0. The zero-order valence-electron chi connectivity index (χ0n) is 11.8. The van der Waals surface area contributed by atoms with Crippen LogP contribution in [0.4, 0.5) is 0 Å². The van der Waals surface area contributed by atoms with Crippen molar-refractivity contribution in [2.75, 3.05) is 7.11 Å². The lowest BCUT2D eigenvalue weighted by Gasteiger charge is -2.15. The smallest absolute Gasteiger partial charge is 0.137 e. The summed E-state index contributed by atoms with van der Waals surface area (Å²) in [7, 11) is 1.62. The van der Waals surface area contributed by atoms with Gasteiger partial charge in [-0.05, 0) is 34.4 Å². The van der Waals surface area contributed by atoms with Gasteiger partial charge in [0.05, 0.1) is 12.1 Å². The molecule has 1 saturated carbocycles. The van der Waals surface area contributed by atoms with Gasteiger partial charge in [-0.2, -0.15) is 0 Å². The summed E-state index contributed by atoms with van der Waals surface area (Å²) in [5, 5.41) is 0.627. The molecule has 0 aromatic heterocycles. The van der Waals surface area contributed by atoms with E-state index >= 15 is 0 Å². The summed E-state index contributed by atoms with van der Waals surface area (Å²) < 4.78 is 5.16. The predicted molar refractivity (Wildman–Crippen MR) is 76.0 cm³/mol. The van der Waals surface area contributed by atoms with Crippen molar-refractivity contribution in [3.63, 3.8) is 0 Å². The van der Waals surface area contributed by atoms with E-state index < -0.39 is 0 Å². The molecule has 1 unspecified atom stereocenters. The Balaban J connectivity index is 2.26. The number of nitrogens with two attached hydrogens (primary N) is 1. The number of methoxy groups -OCH3 is 1. The maximum atomic E-state index is 6.41. The van der Waals surface area contributed by atoms with Gasteiger partial charge in [0.25, 0.3) is 0 Å². The van der Waals surface area contributed by atoms with Gasteiger partial charge in [-0.1, -0.05) is 45.4 Å². The van der Waals surface area contributed by atoms with Crippen LogP contribution in [0.5, 0.6) is 5.75 Å². The molecule has 1 fully saturated rings. The van der Waals surface area contributed by atoms with Crippen LogP contribution in [0, 0.1) is 16.7 Å². The molecule has 0 radical (unpaired) electrons. The minimum atomic E-state index is 0.0263. The SMILES string of the molecule is COc1ccc(C(N)C2C(C)(C)C2(C)C)cc1Cl. The minimum Gasteiger partial charge on any atom is -0.495 e. The average Bonchev–Trinajstić information content (AvgIpc) is 2.68. The van der Waals surface area contributed by atoms with Crippen molar-refractivity contribution in [1.82, 2.24) is 0 Å². The second kappa shape index (κ2) is 4.14. The van der Waals surface area contributed by atoms with Gasteiger partial charge in [0.1, 0.15) is 5.75 Å². The van der Waals surface area contributed by atoms with E-state index in [0.29, 0.717) is 16.7 Å². The van der Waals surface area contributed by atoms with Crippen molar-refractivity contribution in [2.24, 2.45) is 22.5 Å². The third kappa shape index (κ3) is 1.83. The van der Waals surface area contributed by atoms with Gasteiger partial charge in [0.2, 0.25) is 0 Å². The molecule has 1 atom stereocenters. The van der Waals surface area contributed by atoms with Gasteiger partial charge in [0, 0.05) is 6.04 Å². The molecular formula is C15H22ClNO. The molecule has 2 rings (SSSR count). The van der Waals surface area contributed by atoms with E-state index in [0.717, 1.165) is 5.56 Å². The highest BCUT2D eigenvalue weighted by Gasteiger charge is 2.66. The lowest BCUT2D eigenvalue weighted by Crippen LogP contribution is -2.16. The normalized spacial score (nSPS) is 22.6. The van der Waals surface area contributed by atoms with E-state index in [9.17, 15) is 0 Å². The molecule has 0 aliphatic heterocycles. The quantitative estimate of drug-likeness (QED) is 0.897. The topological polar surface area (TPSA) is 35.2 Å². The largest absolute Gasteiger partial charge is 0.495 e. The first-order chi connectivity index (χ1) is 8.23. The first kappa shape index (κ1) is 13.7. The molecule has 3 heteroatoms. The molecule has 0 saturated heterocycles. The molecule has 0 spiro atoms. The first-order valence-corrected chi connectivity index (χ1v) is 6.70. The zero-order valence-corrected chi connectivity index (χ0v) is 12.5. The number of halogens is 1. The third-order valence-corrected chi connectivity index (χ3v) is 5.35. The van der Waals surface area contributed by atoms with Crippen LogP contribution in [0.2, 0.25) is 5.02 Å². The Labute approximate surface area is 114 Å². The Morgan fingerprint density at radius 3 is 2.17 bits per heavy atom. The number of benzene rings is 1. The molecule has 0 heterocycles. The lowest BCUT2D eigenvalue weighted by atomic mass is 9.97. The van der Waals surface area contributed by atoms with Crippen LogP contribution in [0.3, 0.4) is 0 Å². The fourth-order valence-electron chi connectivity index (χ4n) is 3.23. The molecule has 1 aliphatic rings. The molecule has 2 N–H and O–H groups in total. The maximum absolute atomic E-state index is 6.41. The van der Waals surface area contributed by atoms with Gasteiger partial charge in [-0.15, -0.1) is 0 Å². The van der Waals surface area contributed by atoms with Crippen LogP contribution >= 0.6 is 11.6 Å². The van der Waals surface area contributed by atoms with Crippen molar-refractivity contribution < 1.29 is 4.74 Å². The standard InChI is InChI=1S/C15H22ClNO/c1-14(2)13(15(14,3)4)12(17)9-6-7-11(18-5)10(16)8-9/h6-8,12-13H,17H2,1-5H3. The van der Waals surface area contributed by atoms with Crippen molar-refractivity contribution in [1.29, 1.82) is 0 Å². The van der Waals surface area contributed by atoms with Gasteiger partial charge < -0.3 is 10.5 Å². The number of rotatable bonds is 3. The fourth-order valence-corrected chi connectivity index (χ4v) is 3.49. The summed E-state index contributed by atoms with van der Waals surface area (Å²) in [6.45, 7) is 9.12. The van der Waals surface area contributed by atoms with E-state index in [4.69, 9.17) is 22.1 Å². The average molecular weight is 268 g/mol. The highest BCUT2D eigenvalue weighted by molar-refractivity contribution is 6.32. The van der Waals surface area contributed by atoms with Crippen molar-refractivity contribution >= 4 is 11.6 Å². The van der Waals surface area contributed by atoms with E-state index in [1.165, 1.54) is 0 Å². The molecule has 2 nitrogen and oxygen atoms in total. The fraction of sp³-hybridized carbons (Fsp3) is 0.600.